The zero-order valence-electron chi connectivity index (χ0n) is 13.1. The summed E-state index contributed by atoms with van der Waals surface area (Å²) in [6.07, 6.45) is 4.89. The maximum atomic E-state index is 11.9. The van der Waals surface area contributed by atoms with Crippen molar-refractivity contribution in [1.29, 1.82) is 0 Å². The molecule has 4 heteroatoms. The van der Waals surface area contributed by atoms with Crippen molar-refractivity contribution in [3.8, 4) is 0 Å². The molecule has 1 fully saturated rings. The minimum atomic E-state index is 0.0557. The molecule has 0 unspecified atom stereocenters. The standard InChI is InChI=1S/C18H23N3O/c1-3-6-17(20-11-9-19-10-12-20)16-13-21(14(2)22)18-8-5-4-7-15(16)18/h3-5,7-8,13,17,19H,1,6,9-12H2,2H3/t17-/m1/s1. The lowest BCUT2D eigenvalue weighted by atomic mass is 10.0. The molecule has 1 aliphatic rings. The van der Waals surface area contributed by atoms with E-state index in [-0.39, 0.29) is 11.9 Å². The van der Waals surface area contributed by atoms with Gasteiger partial charge in [-0.25, -0.2) is 0 Å². The van der Waals surface area contributed by atoms with E-state index in [1.54, 1.807) is 11.5 Å². The van der Waals surface area contributed by atoms with Crippen molar-refractivity contribution >= 4 is 16.8 Å². The first kappa shape index (κ1) is 15.0. The van der Waals surface area contributed by atoms with Crippen LogP contribution in [0.5, 0.6) is 0 Å². The Balaban J connectivity index is 2.08. The molecule has 0 radical (unpaired) electrons. The SMILES string of the molecule is C=CC[C@H](c1cn(C(C)=O)c2ccccc12)N1CCNCC1. The Hall–Kier alpha value is -1.91. The highest BCUT2D eigenvalue weighted by atomic mass is 16.1. The molecule has 4 nitrogen and oxygen atoms in total. The van der Waals surface area contributed by atoms with Crippen LogP contribution >= 0.6 is 0 Å². The largest absolute Gasteiger partial charge is 0.314 e. The first-order chi connectivity index (χ1) is 10.7. The summed E-state index contributed by atoms with van der Waals surface area (Å²) >= 11 is 0. The molecule has 1 aliphatic heterocycles. The molecule has 1 atom stereocenters. The summed E-state index contributed by atoms with van der Waals surface area (Å²) in [7, 11) is 0. The van der Waals surface area contributed by atoms with E-state index in [9.17, 15) is 4.79 Å². The minimum absolute atomic E-state index is 0.0557. The summed E-state index contributed by atoms with van der Waals surface area (Å²) in [5, 5.41) is 4.57. The predicted octanol–water partition coefficient (Wildman–Crippen LogP) is 2.82. The van der Waals surface area contributed by atoms with Crippen LogP contribution in [-0.2, 0) is 0 Å². The summed E-state index contributed by atoms with van der Waals surface area (Å²) in [6, 6.07) is 8.44. The highest BCUT2D eigenvalue weighted by molar-refractivity contribution is 5.93. The summed E-state index contributed by atoms with van der Waals surface area (Å²) in [4.78, 5) is 14.4. The molecule has 0 aliphatic carbocycles. The number of carbonyl (C=O) groups is 1. The molecule has 0 amide bonds. The van der Waals surface area contributed by atoms with Gasteiger partial charge in [-0.3, -0.25) is 14.3 Å². The van der Waals surface area contributed by atoms with E-state index in [1.807, 2.05) is 30.5 Å². The number of fused-ring (bicyclic) bond motifs is 1. The number of aromatic nitrogens is 1. The smallest absolute Gasteiger partial charge is 0.227 e. The molecule has 1 aromatic carbocycles. The summed E-state index contributed by atoms with van der Waals surface area (Å²) in [6.45, 7) is 9.62. The van der Waals surface area contributed by atoms with Gasteiger partial charge in [-0.2, -0.15) is 0 Å². The van der Waals surface area contributed by atoms with Gasteiger partial charge in [0.25, 0.3) is 0 Å². The molecule has 1 aromatic heterocycles. The molecular weight excluding hydrogens is 274 g/mol. The van der Waals surface area contributed by atoms with Crippen LogP contribution in [0.3, 0.4) is 0 Å². The van der Waals surface area contributed by atoms with E-state index in [2.05, 4.69) is 22.9 Å². The quantitative estimate of drug-likeness (QED) is 0.882. The lowest BCUT2D eigenvalue weighted by Gasteiger charge is -2.34. The van der Waals surface area contributed by atoms with Crippen LogP contribution in [-0.4, -0.2) is 41.6 Å². The van der Waals surface area contributed by atoms with Gasteiger partial charge in [0.05, 0.1) is 5.52 Å². The number of nitrogens with zero attached hydrogens (tertiary/aromatic N) is 2. The summed E-state index contributed by atoms with van der Waals surface area (Å²) in [5.74, 6) is 0.0557. The maximum Gasteiger partial charge on any atom is 0.227 e. The average Bonchev–Trinajstić information content (AvgIpc) is 2.93. The van der Waals surface area contributed by atoms with Crippen LogP contribution in [0.25, 0.3) is 10.9 Å². The van der Waals surface area contributed by atoms with Crippen LogP contribution in [0.15, 0.2) is 43.1 Å². The van der Waals surface area contributed by atoms with Gasteiger partial charge in [-0.05, 0) is 18.1 Å². The molecule has 1 N–H and O–H groups in total. The van der Waals surface area contributed by atoms with Crippen LogP contribution in [0.4, 0.5) is 0 Å². The maximum absolute atomic E-state index is 11.9. The Morgan fingerprint density at radius 3 is 2.77 bits per heavy atom. The second-order valence-electron chi connectivity index (χ2n) is 5.82. The highest BCUT2D eigenvalue weighted by Gasteiger charge is 2.24. The fourth-order valence-corrected chi connectivity index (χ4v) is 3.36. The molecule has 22 heavy (non-hydrogen) atoms. The van der Waals surface area contributed by atoms with Crippen LogP contribution < -0.4 is 5.32 Å². The number of benzene rings is 1. The Bertz CT molecular complexity index is 683. The number of hydrogen-bond acceptors (Lipinski definition) is 3. The molecule has 2 aromatic rings. The van der Waals surface area contributed by atoms with Gasteiger partial charge in [0, 0.05) is 50.7 Å². The van der Waals surface area contributed by atoms with E-state index in [4.69, 9.17) is 0 Å². The lowest BCUT2D eigenvalue weighted by Crippen LogP contribution is -2.45. The summed E-state index contributed by atoms with van der Waals surface area (Å²) in [5.41, 5.74) is 2.22. The number of para-hydroxylation sites is 1. The van der Waals surface area contributed by atoms with Crippen molar-refractivity contribution in [3.05, 3.63) is 48.7 Å². The lowest BCUT2D eigenvalue weighted by molar-refractivity contribution is 0.0941. The number of carbonyl (C=O) groups excluding carboxylic acids is 1. The normalized spacial score (nSPS) is 17.5. The fourth-order valence-electron chi connectivity index (χ4n) is 3.36. The molecule has 3 rings (SSSR count). The second-order valence-corrected chi connectivity index (χ2v) is 5.82. The Labute approximate surface area is 131 Å². The molecule has 1 saturated heterocycles. The molecule has 116 valence electrons. The van der Waals surface area contributed by atoms with E-state index in [1.165, 1.54) is 10.9 Å². The Kier molecular flexibility index (Phi) is 4.41. The monoisotopic (exact) mass is 297 g/mol. The topological polar surface area (TPSA) is 37.3 Å². The molecule has 0 saturated carbocycles. The first-order valence-corrected chi connectivity index (χ1v) is 7.89. The van der Waals surface area contributed by atoms with Gasteiger partial charge < -0.3 is 5.32 Å². The number of nitrogens with one attached hydrogen (secondary N) is 1. The van der Waals surface area contributed by atoms with Gasteiger partial charge in [0.2, 0.25) is 5.91 Å². The van der Waals surface area contributed by atoms with Crippen molar-refractivity contribution in [2.24, 2.45) is 0 Å². The molecule has 0 spiro atoms. The third-order valence-electron chi connectivity index (χ3n) is 4.42. The third kappa shape index (κ3) is 2.72. The van der Waals surface area contributed by atoms with Gasteiger partial charge in [-0.15, -0.1) is 6.58 Å². The van der Waals surface area contributed by atoms with Crippen molar-refractivity contribution < 1.29 is 4.79 Å². The van der Waals surface area contributed by atoms with Gasteiger partial charge >= 0.3 is 0 Å². The first-order valence-electron chi connectivity index (χ1n) is 7.89. The average molecular weight is 297 g/mol. The minimum Gasteiger partial charge on any atom is -0.314 e. The van der Waals surface area contributed by atoms with Gasteiger partial charge in [-0.1, -0.05) is 24.3 Å². The van der Waals surface area contributed by atoms with Crippen LogP contribution in [0, 0.1) is 0 Å². The van der Waals surface area contributed by atoms with Gasteiger partial charge in [0.1, 0.15) is 0 Å². The second kappa shape index (κ2) is 6.46. The third-order valence-corrected chi connectivity index (χ3v) is 4.42. The summed E-state index contributed by atoms with van der Waals surface area (Å²) < 4.78 is 1.77. The number of rotatable bonds is 4. The number of hydrogen-bond donors (Lipinski definition) is 1. The van der Waals surface area contributed by atoms with Crippen molar-refractivity contribution in [3.63, 3.8) is 0 Å². The van der Waals surface area contributed by atoms with Crippen molar-refractivity contribution in [2.75, 3.05) is 26.2 Å². The van der Waals surface area contributed by atoms with Crippen molar-refractivity contribution in [1.82, 2.24) is 14.8 Å². The zero-order valence-corrected chi connectivity index (χ0v) is 13.1. The van der Waals surface area contributed by atoms with E-state index in [0.29, 0.717) is 0 Å². The number of piperazine rings is 1. The Morgan fingerprint density at radius 2 is 2.09 bits per heavy atom. The van der Waals surface area contributed by atoms with E-state index in [0.717, 1.165) is 38.1 Å². The molecular formula is C18H23N3O. The fraction of sp³-hybridized carbons (Fsp3) is 0.389. The van der Waals surface area contributed by atoms with Gasteiger partial charge in [0.15, 0.2) is 0 Å². The van der Waals surface area contributed by atoms with E-state index < -0.39 is 0 Å². The Morgan fingerprint density at radius 1 is 1.36 bits per heavy atom. The van der Waals surface area contributed by atoms with Crippen molar-refractivity contribution in [2.45, 2.75) is 19.4 Å². The van der Waals surface area contributed by atoms with Crippen LogP contribution in [0.1, 0.15) is 29.7 Å². The molecule has 0 bridgehead atoms. The predicted molar refractivity (Wildman–Crippen MR) is 90.2 cm³/mol. The van der Waals surface area contributed by atoms with E-state index >= 15 is 0 Å². The van der Waals surface area contributed by atoms with Crippen LogP contribution in [0.2, 0.25) is 0 Å². The molecule has 2 heterocycles. The highest BCUT2D eigenvalue weighted by Crippen LogP contribution is 2.32. The zero-order chi connectivity index (χ0) is 15.5.